The van der Waals surface area contributed by atoms with Crippen LogP contribution in [0.3, 0.4) is 0 Å². The van der Waals surface area contributed by atoms with Gasteiger partial charge in [0.05, 0.1) is 23.9 Å². The van der Waals surface area contributed by atoms with Gasteiger partial charge in [-0.2, -0.15) is 4.98 Å². The number of imidazole rings is 1. The fraction of sp³-hybridized carbons (Fsp3) is 0.241. The molecule has 2 unspecified atom stereocenters. The van der Waals surface area contributed by atoms with Crippen LogP contribution in [-0.4, -0.2) is 51.4 Å². The van der Waals surface area contributed by atoms with Crippen molar-refractivity contribution < 1.29 is 9.13 Å². The van der Waals surface area contributed by atoms with E-state index in [1.165, 1.54) is 12.1 Å². The van der Waals surface area contributed by atoms with Gasteiger partial charge in [-0.3, -0.25) is 4.99 Å². The lowest BCUT2D eigenvalue weighted by molar-refractivity contribution is 0.0716. The van der Waals surface area contributed by atoms with Crippen LogP contribution in [0.5, 0.6) is 0 Å². The third-order valence-electron chi connectivity index (χ3n) is 6.77. The lowest BCUT2D eigenvalue weighted by atomic mass is 10.0. The highest BCUT2D eigenvalue weighted by Gasteiger charge is 2.33. The predicted octanol–water partition coefficient (Wildman–Crippen LogP) is 4.50. The second kappa shape index (κ2) is 11.1. The molecule has 0 spiro atoms. The smallest absolute Gasteiger partial charge is 0.225 e. The van der Waals surface area contributed by atoms with E-state index >= 15 is 0 Å². The molecule has 0 amide bonds. The molecule has 2 aliphatic rings. The number of aliphatic imine (C=N–C) groups is 1. The fourth-order valence-corrected chi connectivity index (χ4v) is 4.77. The second-order valence-corrected chi connectivity index (χ2v) is 9.41. The molecule has 10 heteroatoms. The summed E-state index contributed by atoms with van der Waals surface area (Å²) in [5.41, 5.74) is 3.52. The molecule has 39 heavy (non-hydrogen) atoms. The molecular weight excluding hydrogens is 495 g/mol. The number of ether oxygens (including phenoxy) is 1. The average molecular weight is 525 g/mol. The minimum absolute atomic E-state index is 0.00509. The minimum atomic E-state index is -0.501. The van der Waals surface area contributed by atoms with Crippen LogP contribution in [0.25, 0.3) is 5.57 Å². The molecule has 3 N–H and O–H groups in total. The van der Waals surface area contributed by atoms with Gasteiger partial charge in [0.2, 0.25) is 5.95 Å². The first-order valence-electron chi connectivity index (χ1n) is 13.0. The Bertz CT molecular complexity index is 1450. The summed E-state index contributed by atoms with van der Waals surface area (Å²) in [5, 5.41) is 6.78. The molecule has 0 saturated carbocycles. The summed E-state index contributed by atoms with van der Waals surface area (Å²) < 4.78 is 20.0. The topological polar surface area (TPSA) is 103 Å². The lowest BCUT2D eigenvalue weighted by Gasteiger charge is -2.35. The SMILES string of the molecule is C[C@H](Nc1nccc(N2C=C(c3ncc[nH]3)C(C3CNCCO3)=NC2c2ccc(F)cc2)n1)c1ccccc1. The molecular formula is C29H29FN8O. The van der Waals surface area contributed by atoms with Crippen molar-refractivity contribution in [2.45, 2.75) is 25.2 Å². The molecule has 1 fully saturated rings. The first-order valence-corrected chi connectivity index (χ1v) is 13.0. The highest BCUT2D eigenvalue weighted by atomic mass is 19.1. The summed E-state index contributed by atoms with van der Waals surface area (Å²) in [6.45, 7) is 4.07. The quantitative estimate of drug-likeness (QED) is 0.327. The van der Waals surface area contributed by atoms with Crippen molar-refractivity contribution >= 4 is 23.1 Å². The van der Waals surface area contributed by atoms with Crippen LogP contribution < -0.4 is 15.5 Å². The Labute approximate surface area is 225 Å². The summed E-state index contributed by atoms with van der Waals surface area (Å²) in [4.78, 5) is 24.2. The number of hydrogen-bond donors (Lipinski definition) is 3. The minimum Gasteiger partial charge on any atom is -0.369 e. The van der Waals surface area contributed by atoms with E-state index in [1.54, 1.807) is 30.7 Å². The zero-order valence-corrected chi connectivity index (χ0v) is 21.5. The van der Waals surface area contributed by atoms with E-state index < -0.39 is 6.17 Å². The van der Waals surface area contributed by atoms with E-state index in [4.69, 9.17) is 14.7 Å². The predicted molar refractivity (Wildman–Crippen MR) is 149 cm³/mol. The largest absolute Gasteiger partial charge is 0.369 e. The first-order chi connectivity index (χ1) is 19.2. The van der Waals surface area contributed by atoms with E-state index in [1.807, 2.05) is 35.4 Å². The molecule has 2 aromatic carbocycles. The van der Waals surface area contributed by atoms with Gasteiger partial charge in [-0.1, -0.05) is 42.5 Å². The zero-order chi connectivity index (χ0) is 26.6. The number of H-pyrrole nitrogens is 1. The van der Waals surface area contributed by atoms with Crippen LogP contribution in [0, 0.1) is 5.82 Å². The number of aromatic amines is 1. The van der Waals surface area contributed by atoms with Crippen molar-refractivity contribution in [1.29, 1.82) is 0 Å². The van der Waals surface area contributed by atoms with Gasteiger partial charge in [0.1, 0.15) is 23.6 Å². The van der Waals surface area contributed by atoms with Gasteiger partial charge in [0, 0.05) is 37.9 Å². The monoisotopic (exact) mass is 524 g/mol. The van der Waals surface area contributed by atoms with E-state index in [0.717, 1.165) is 29.0 Å². The summed E-state index contributed by atoms with van der Waals surface area (Å²) >= 11 is 0. The van der Waals surface area contributed by atoms with Gasteiger partial charge in [-0.15, -0.1) is 0 Å². The average Bonchev–Trinajstić information content (AvgIpc) is 3.53. The van der Waals surface area contributed by atoms with E-state index in [9.17, 15) is 4.39 Å². The number of halogens is 1. The third-order valence-corrected chi connectivity index (χ3v) is 6.77. The maximum atomic E-state index is 13.9. The van der Waals surface area contributed by atoms with Gasteiger partial charge in [0.25, 0.3) is 0 Å². The number of nitrogens with zero attached hydrogens (tertiary/aromatic N) is 5. The van der Waals surface area contributed by atoms with Gasteiger partial charge < -0.3 is 25.3 Å². The zero-order valence-electron chi connectivity index (χ0n) is 21.5. The van der Waals surface area contributed by atoms with E-state index in [2.05, 4.69) is 44.6 Å². The Morgan fingerprint density at radius 1 is 1.05 bits per heavy atom. The van der Waals surface area contributed by atoms with Crippen molar-refractivity contribution in [3.05, 3.63) is 108 Å². The Morgan fingerprint density at radius 2 is 1.90 bits per heavy atom. The Kier molecular flexibility index (Phi) is 7.11. The van der Waals surface area contributed by atoms with Gasteiger partial charge in [-0.05, 0) is 36.2 Å². The highest BCUT2D eigenvalue weighted by molar-refractivity contribution is 6.26. The molecule has 3 atom stereocenters. The number of benzene rings is 2. The molecule has 4 aromatic rings. The Balaban J connectivity index is 1.41. The normalized spacial score (nSPS) is 20.2. The Morgan fingerprint density at radius 3 is 2.64 bits per heavy atom. The van der Waals surface area contributed by atoms with Crippen molar-refractivity contribution in [2.75, 3.05) is 29.9 Å². The van der Waals surface area contributed by atoms with Crippen LogP contribution in [0.4, 0.5) is 16.2 Å². The van der Waals surface area contributed by atoms with Crippen LogP contribution in [-0.2, 0) is 4.74 Å². The van der Waals surface area contributed by atoms with Crippen molar-refractivity contribution in [3.8, 4) is 0 Å². The van der Waals surface area contributed by atoms with Crippen LogP contribution >= 0.6 is 0 Å². The molecule has 0 radical (unpaired) electrons. The molecule has 4 heterocycles. The summed E-state index contributed by atoms with van der Waals surface area (Å²) in [6, 6.07) is 18.4. The molecule has 0 aliphatic carbocycles. The maximum Gasteiger partial charge on any atom is 0.225 e. The van der Waals surface area contributed by atoms with Crippen LogP contribution in [0.2, 0.25) is 0 Å². The Hall–Kier alpha value is -4.41. The number of nitrogens with one attached hydrogen (secondary N) is 3. The maximum absolute atomic E-state index is 13.9. The molecule has 0 bridgehead atoms. The van der Waals surface area contributed by atoms with Gasteiger partial charge >= 0.3 is 0 Å². The first kappa shape index (κ1) is 24.9. The summed E-state index contributed by atoms with van der Waals surface area (Å²) in [7, 11) is 0. The number of rotatable bonds is 7. The highest BCUT2D eigenvalue weighted by Crippen LogP contribution is 2.36. The fourth-order valence-electron chi connectivity index (χ4n) is 4.77. The number of aromatic nitrogens is 4. The standard InChI is InChI=1S/C29H29FN8O/c1-19(20-5-3-2-4-6-20)35-29-34-12-11-25(36-29)38-18-23(27-32-13-14-33-27)26(24-17-31-15-16-39-24)37-28(38)21-7-9-22(30)10-8-21/h2-14,18-19,24,28,31H,15-17H2,1H3,(H,32,33)(H,34,35,36)/t19-,24?,28?/m0/s1. The van der Waals surface area contributed by atoms with Crippen molar-refractivity contribution in [2.24, 2.45) is 4.99 Å². The number of morpholine rings is 1. The lowest BCUT2D eigenvalue weighted by Crippen LogP contribution is -2.45. The van der Waals surface area contributed by atoms with Crippen LogP contribution in [0.1, 0.15) is 36.1 Å². The van der Waals surface area contributed by atoms with Crippen LogP contribution in [0.15, 0.2) is 90.4 Å². The summed E-state index contributed by atoms with van der Waals surface area (Å²) in [5.74, 6) is 1.50. The second-order valence-electron chi connectivity index (χ2n) is 9.41. The molecule has 1 saturated heterocycles. The third kappa shape index (κ3) is 5.43. The summed E-state index contributed by atoms with van der Waals surface area (Å²) in [6.07, 6.45) is 6.44. The molecule has 2 aromatic heterocycles. The molecule has 9 nitrogen and oxygen atoms in total. The van der Waals surface area contributed by atoms with Crippen molar-refractivity contribution in [1.82, 2.24) is 25.3 Å². The molecule has 198 valence electrons. The van der Waals surface area contributed by atoms with E-state index in [-0.39, 0.29) is 18.0 Å². The van der Waals surface area contributed by atoms with Gasteiger partial charge in [0.15, 0.2) is 6.17 Å². The van der Waals surface area contributed by atoms with Gasteiger partial charge in [-0.25, -0.2) is 14.4 Å². The number of hydrogen-bond acceptors (Lipinski definition) is 8. The molecule has 6 rings (SSSR count). The van der Waals surface area contributed by atoms with Crippen molar-refractivity contribution in [3.63, 3.8) is 0 Å². The molecule has 2 aliphatic heterocycles. The number of anilines is 2. The van der Waals surface area contributed by atoms with E-state index in [0.29, 0.717) is 30.7 Å².